The van der Waals surface area contributed by atoms with Gasteiger partial charge in [0.15, 0.2) is 0 Å². The minimum atomic E-state index is -0.306. The molecule has 0 aliphatic carbocycles. The lowest BCUT2D eigenvalue weighted by atomic mass is 10.1. The van der Waals surface area contributed by atoms with Gasteiger partial charge in [0.25, 0.3) is 11.5 Å². The van der Waals surface area contributed by atoms with Crippen molar-refractivity contribution in [2.75, 3.05) is 0 Å². The highest BCUT2D eigenvalue weighted by Gasteiger charge is 2.22. The number of amides is 1. The number of hydrogen-bond donors (Lipinski definition) is 0. The first-order chi connectivity index (χ1) is 14.7. The lowest BCUT2D eigenvalue weighted by Gasteiger charge is -2.23. The van der Waals surface area contributed by atoms with Crippen LogP contribution in [0.15, 0.2) is 89.9 Å². The molecule has 0 radical (unpaired) electrons. The van der Waals surface area contributed by atoms with Gasteiger partial charge in [0, 0.05) is 31.2 Å². The van der Waals surface area contributed by atoms with Gasteiger partial charge in [-0.15, -0.1) is 0 Å². The van der Waals surface area contributed by atoms with Crippen molar-refractivity contribution >= 4 is 16.9 Å². The second-order valence-electron chi connectivity index (χ2n) is 7.16. The van der Waals surface area contributed by atoms with E-state index in [1.165, 1.54) is 0 Å². The predicted molar refractivity (Wildman–Crippen MR) is 118 cm³/mol. The summed E-state index contributed by atoms with van der Waals surface area (Å²) >= 11 is 0. The van der Waals surface area contributed by atoms with E-state index >= 15 is 0 Å². The summed E-state index contributed by atoms with van der Waals surface area (Å²) in [5, 5.41) is 0.779. The highest BCUT2D eigenvalue weighted by molar-refractivity contribution is 5.96. The highest BCUT2D eigenvalue weighted by Crippen LogP contribution is 2.16. The Hall–Kier alpha value is -3.73. The van der Waals surface area contributed by atoms with Crippen LogP contribution in [0.1, 0.15) is 28.4 Å². The van der Waals surface area contributed by atoms with Gasteiger partial charge in [-0.1, -0.05) is 60.7 Å². The summed E-state index contributed by atoms with van der Waals surface area (Å²) in [5.74, 6) is -0.277. The van der Waals surface area contributed by atoms with Crippen LogP contribution >= 0.6 is 0 Å². The lowest BCUT2D eigenvalue weighted by molar-refractivity contribution is 0.0728. The number of hydrogen-bond acceptors (Lipinski definition) is 3. The normalized spacial score (nSPS) is 10.8. The Morgan fingerprint density at radius 3 is 2.07 bits per heavy atom. The lowest BCUT2D eigenvalue weighted by Crippen LogP contribution is -2.36. The Bertz CT molecular complexity index is 1180. The maximum Gasteiger partial charge on any atom is 0.265 e. The summed E-state index contributed by atoms with van der Waals surface area (Å²) in [6, 6.07) is 25.0. The fraction of sp³-hybridized carbons (Fsp3) is 0.160. The Morgan fingerprint density at radius 2 is 1.50 bits per heavy atom. The number of carbonyl (C=O) groups excluding carboxylic acids is 1. The molecular formula is C25H23N3O2. The molecule has 0 aliphatic rings. The number of aryl methyl sites for hydroxylation is 1. The van der Waals surface area contributed by atoms with Crippen LogP contribution in [0.25, 0.3) is 11.0 Å². The van der Waals surface area contributed by atoms with Crippen molar-refractivity contribution in [3.05, 3.63) is 112 Å². The fourth-order valence-corrected chi connectivity index (χ4v) is 3.63. The zero-order chi connectivity index (χ0) is 20.9. The van der Waals surface area contributed by atoms with Gasteiger partial charge in [0.05, 0.1) is 0 Å². The molecule has 0 fully saturated rings. The number of benzene rings is 2. The van der Waals surface area contributed by atoms with Crippen LogP contribution in [-0.2, 0) is 19.6 Å². The van der Waals surface area contributed by atoms with Crippen LogP contribution in [0.2, 0.25) is 0 Å². The standard InChI is InChI=1S/C25H23N3O2/c1-2-28-23-21(14-9-15-26-23)16-22(25(28)30)24(29)27(17-19-10-5-3-6-11-19)18-20-12-7-4-8-13-20/h3-16H,2,17-18H2,1H3. The van der Waals surface area contributed by atoms with Crippen molar-refractivity contribution in [3.63, 3.8) is 0 Å². The SMILES string of the molecule is CCn1c(=O)c(C(=O)N(Cc2ccccc2)Cc2ccccc2)cc2cccnc21. The minimum Gasteiger partial charge on any atom is -0.330 e. The van der Waals surface area contributed by atoms with E-state index in [0.717, 1.165) is 16.5 Å². The van der Waals surface area contributed by atoms with E-state index in [9.17, 15) is 9.59 Å². The van der Waals surface area contributed by atoms with Crippen LogP contribution in [-0.4, -0.2) is 20.4 Å². The van der Waals surface area contributed by atoms with Crippen molar-refractivity contribution in [1.82, 2.24) is 14.5 Å². The average Bonchev–Trinajstić information content (AvgIpc) is 2.79. The highest BCUT2D eigenvalue weighted by atomic mass is 16.2. The van der Waals surface area contributed by atoms with Crippen molar-refractivity contribution < 1.29 is 4.79 Å². The third-order valence-corrected chi connectivity index (χ3v) is 5.11. The average molecular weight is 397 g/mol. The van der Waals surface area contributed by atoms with Crippen LogP contribution in [0.4, 0.5) is 0 Å². The van der Waals surface area contributed by atoms with Crippen LogP contribution in [0, 0.1) is 0 Å². The molecule has 0 saturated carbocycles. The van der Waals surface area contributed by atoms with E-state index in [4.69, 9.17) is 0 Å². The molecule has 0 bridgehead atoms. The first-order valence-electron chi connectivity index (χ1n) is 10.0. The van der Waals surface area contributed by atoms with Crippen molar-refractivity contribution in [3.8, 4) is 0 Å². The van der Waals surface area contributed by atoms with E-state index in [2.05, 4.69) is 4.98 Å². The van der Waals surface area contributed by atoms with Gasteiger partial charge >= 0.3 is 0 Å². The molecule has 2 aromatic carbocycles. The molecule has 2 aromatic heterocycles. The molecule has 30 heavy (non-hydrogen) atoms. The maximum atomic E-state index is 13.6. The summed E-state index contributed by atoms with van der Waals surface area (Å²) in [5.41, 5.74) is 2.49. The summed E-state index contributed by atoms with van der Waals surface area (Å²) < 4.78 is 1.56. The Balaban J connectivity index is 1.77. The first kappa shape index (κ1) is 19.6. The van der Waals surface area contributed by atoms with Gasteiger partial charge in [0.2, 0.25) is 0 Å². The zero-order valence-corrected chi connectivity index (χ0v) is 16.9. The number of pyridine rings is 2. The third kappa shape index (κ3) is 4.01. The van der Waals surface area contributed by atoms with Crippen molar-refractivity contribution in [1.29, 1.82) is 0 Å². The largest absolute Gasteiger partial charge is 0.330 e. The monoisotopic (exact) mass is 397 g/mol. The molecule has 0 spiro atoms. The molecule has 150 valence electrons. The molecule has 1 amide bonds. The second kappa shape index (κ2) is 8.74. The van der Waals surface area contributed by atoms with Gasteiger partial charge < -0.3 is 4.90 Å². The summed E-state index contributed by atoms with van der Waals surface area (Å²) in [7, 11) is 0. The molecule has 0 atom stereocenters. The quantitative estimate of drug-likeness (QED) is 0.489. The molecule has 0 aliphatic heterocycles. The molecule has 4 rings (SSSR count). The Kier molecular flexibility index (Phi) is 5.70. The van der Waals surface area contributed by atoms with Crippen LogP contribution < -0.4 is 5.56 Å². The van der Waals surface area contributed by atoms with Gasteiger partial charge in [-0.2, -0.15) is 0 Å². The van der Waals surface area contributed by atoms with Crippen LogP contribution in [0.3, 0.4) is 0 Å². The number of aromatic nitrogens is 2. The summed E-state index contributed by atoms with van der Waals surface area (Å²) in [6.07, 6.45) is 1.66. The van der Waals surface area contributed by atoms with Crippen molar-refractivity contribution in [2.24, 2.45) is 0 Å². The maximum absolute atomic E-state index is 13.6. The molecule has 4 aromatic rings. The molecule has 0 saturated heterocycles. The fourth-order valence-electron chi connectivity index (χ4n) is 3.63. The number of nitrogens with zero attached hydrogens (tertiary/aromatic N) is 3. The summed E-state index contributed by atoms with van der Waals surface area (Å²) in [6.45, 7) is 3.18. The van der Waals surface area contributed by atoms with E-state index < -0.39 is 0 Å². The van der Waals surface area contributed by atoms with E-state index in [-0.39, 0.29) is 17.0 Å². The van der Waals surface area contributed by atoms with E-state index in [1.54, 1.807) is 21.7 Å². The molecular weight excluding hydrogens is 374 g/mol. The molecule has 0 N–H and O–H groups in total. The smallest absolute Gasteiger partial charge is 0.265 e. The molecule has 2 heterocycles. The van der Waals surface area contributed by atoms with Gasteiger partial charge in [0.1, 0.15) is 11.2 Å². The first-order valence-corrected chi connectivity index (χ1v) is 10.0. The number of rotatable bonds is 6. The summed E-state index contributed by atoms with van der Waals surface area (Å²) in [4.78, 5) is 32.8. The van der Waals surface area contributed by atoms with E-state index in [1.807, 2.05) is 79.7 Å². The molecule has 5 nitrogen and oxygen atoms in total. The second-order valence-corrected chi connectivity index (χ2v) is 7.16. The molecule has 0 unspecified atom stereocenters. The predicted octanol–water partition coefficient (Wildman–Crippen LogP) is 4.26. The van der Waals surface area contributed by atoms with Crippen molar-refractivity contribution in [2.45, 2.75) is 26.6 Å². The van der Waals surface area contributed by atoms with E-state index in [0.29, 0.717) is 25.3 Å². The van der Waals surface area contributed by atoms with Gasteiger partial charge in [-0.3, -0.25) is 14.2 Å². The Labute approximate surface area is 175 Å². The minimum absolute atomic E-state index is 0.171. The topological polar surface area (TPSA) is 55.2 Å². The van der Waals surface area contributed by atoms with Gasteiger partial charge in [-0.05, 0) is 36.2 Å². The zero-order valence-electron chi connectivity index (χ0n) is 16.9. The number of fused-ring (bicyclic) bond motifs is 1. The Morgan fingerprint density at radius 1 is 0.900 bits per heavy atom. The van der Waals surface area contributed by atoms with Crippen LogP contribution in [0.5, 0.6) is 0 Å². The number of carbonyl (C=O) groups is 1. The molecule has 5 heteroatoms. The third-order valence-electron chi connectivity index (χ3n) is 5.11. The van der Waals surface area contributed by atoms with Gasteiger partial charge in [-0.25, -0.2) is 4.98 Å².